The van der Waals surface area contributed by atoms with Crippen LogP contribution in [0.4, 0.5) is 0 Å². The third kappa shape index (κ3) is 2.53. The fourth-order valence-corrected chi connectivity index (χ4v) is 5.28. The molecule has 5 aromatic rings. The van der Waals surface area contributed by atoms with Crippen LogP contribution in [0.3, 0.4) is 0 Å². The molecule has 1 heteroatoms. The Balaban J connectivity index is 1.78. The number of hydrogen-bond acceptors (Lipinski definition) is 1. The van der Waals surface area contributed by atoms with Crippen LogP contribution in [0.25, 0.3) is 21.9 Å². The molecule has 0 N–H and O–H groups in total. The third-order valence-electron chi connectivity index (χ3n) is 6.69. The molecule has 4 aromatic carbocycles. The zero-order valence-electron chi connectivity index (χ0n) is 17.5. The summed E-state index contributed by atoms with van der Waals surface area (Å²) in [5.74, 6) is 0. The van der Waals surface area contributed by atoms with Crippen molar-refractivity contribution in [2.45, 2.75) is 18.8 Å². The highest BCUT2D eigenvalue weighted by Crippen LogP contribution is 2.55. The molecule has 1 heterocycles. The zero-order chi connectivity index (χ0) is 20.8. The molecule has 1 aromatic heterocycles. The maximum atomic E-state index is 5.20. The fraction of sp³-hybridized carbons (Fsp3) is 0.100. The van der Waals surface area contributed by atoms with E-state index in [0.29, 0.717) is 0 Å². The van der Waals surface area contributed by atoms with Gasteiger partial charge in [0, 0.05) is 5.69 Å². The maximum absolute atomic E-state index is 5.20. The van der Waals surface area contributed by atoms with Gasteiger partial charge < -0.3 is 0 Å². The lowest BCUT2D eigenvalue weighted by Crippen LogP contribution is -2.30. The molecular weight excluding hydrogens is 374 g/mol. The van der Waals surface area contributed by atoms with Crippen LogP contribution in [0.2, 0.25) is 0 Å². The summed E-state index contributed by atoms with van der Waals surface area (Å²) in [6, 6.07) is 39.7. The Hall–Kier alpha value is -3.71. The second-order valence-electron chi connectivity index (χ2n) is 8.27. The quantitative estimate of drug-likeness (QED) is 0.309. The maximum Gasteiger partial charge on any atom is 0.0886 e. The van der Waals surface area contributed by atoms with Gasteiger partial charge in [-0.05, 0) is 63.2 Å². The van der Waals surface area contributed by atoms with E-state index in [1.54, 1.807) is 0 Å². The first-order valence-corrected chi connectivity index (χ1v) is 11.0. The van der Waals surface area contributed by atoms with Crippen LogP contribution >= 0.6 is 0 Å². The number of hydrogen-bond donors (Lipinski definition) is 0. The number of nitrogens with zero attached hydrogens (tertiary/aromatic N) is 1. The van der Waals surface area contributed by atoms with E-state index in [0.717, 1.165) is 17.8 Å². The van der Waals surface area contributed by atoms with E-state index in [4.69, 9.17) is 4.98 Å². The first kappa shape index (κ1) is 18.1. The van der Waals surface area contributed by atoms with Gasteiger partial charge in [0.25, 0.3) is 0 Å². The molecule has 148 valence electrons. The Morgan fingerprint density at radius 3 is 1.97 bits per heavy atom. The largest absolute Gasteiger partial charge is 0.256 e. The molecule has 31 heavy (non-hydrogen) atoms. The summed E-state index contributed by atoms with van der Waals surface area (Å²) in [6.07, 6.45) is 0.922. The van der Waals surface area contributed by atoms with Gasteiger partial charge >= 0.3 is 0 Å². The number of rotatable bonds is 3. The second kappa shape index (κ2) is 6.92. The van der Waals surface area contributed by atoms with Crippen LogP contribution in [0.5, 0.6) is 0 Å². The Morgan fingerprint density at radius 2 is 1.26 bits per heavy atom. The molecule has 6 rings (SSSR count). The van der Waals surface area contributed by atoms with Crippen LogP contribution < -0.4 is 0 Å². The number of pyridine rings is 1. The van der Waals surface area contributed by atoms with Crippen molar-refractivity contribution in [3.05, 3.63) is 137 Å². The summed E-state index contributed by atoms with van der Waals surface area (Å²) >= 11 is 0. The van der Waals surface area contributed by atoms with Crippen LogP contribution in [0.1, 0.15) is 35.0 Å². The number of aryl methyl sites for hydroxylation is 1. The van der Waals surface area contributed by atoms with E-state index < -0.39 is 5.41 Å². The number of aromatic nitrogens is 1. The van der Waals surface area contributed by atoms with Gasteiger partial charge in [0.2, 0.25) is 0 Å². The highest BCUT2D eigenvalue weighted by Gasteiger charge is 2.47. The van der Waals surface area contributed by atoms with Crippen LogP contribution in [0, 0.1) is 0 Å². The van der Waals surface area contributed by atoms with Crippen molar-refractivity contribution in [2.24, 2.45) is 0 Å². The highest BCUT2D eigenvalue weighted by atomic mass is 14.8. The normalized spacial score (nSPS) is 13.7. The summed E-state index contributed by atoms with van der Waals surface area (Å²) in [4.78, 5) is 5.20. The van der Waals surface area contributed by atoms with Crippen LogP contribution in [-0.2, 0) is 11.8 Å². The lowest BCUT2D eigenvalue weighted by Gasteiger charge is -2.33. The highest BCUT2D eigenvalue weighted by molar-refractivity contribution is 5.89. The molecule has 0 spiro atoms. The summed E-state index contributed by atoms with van der Waals surface area (Å²) in [5.41, 5.74) is 8.29. The molecule has 0 atom stereocenters. The van der Waals surface area contributed by atoms with Gasteiger partial charge in [0.1, 0.15) is 0 Å². The van der Waals surface area contributed by atoms with Crippen LogP contribution in [-0.4, -0.2) is 4.98 Å². The van der Waals surface area contributed by atoms with Gasteiger partial charge in [-0.3, -0.25) is 4.98 Å². The minimum Gasteiger partial charge on any atom is -0.256 e. The average molecular weight is 398 g/mol. The predicted molar refractivity (Wildman–Crippen MR) is 128 cm³/mol. The third-order valence-corrected chi connectivity index (χ3v) is 6.69. The van der Waals surface area contributed by atoms with E-state index >= 15 is 0 Å². The standard InChI is InChI=1S/C30H23N/c1-2-24-12-9-17-29(31-24)30(23-19-18-21-10-3-4-11-22(21)20-23)27-15-7-5-13-25(27)26-14-6-8-16-28(26)30/h3-20H,2H2,1H3. The molecule has 1 aliphatic rings. The van der Waals surface area contributed by atoms with Crippen molar-refractivity contribution in [1.82, 2.24) is 4.98 Å². The van der Waals surface area contributed by atoms with Crippen molar-refractivity contribution in [3.8, 4) is 11.1 Å². The number of benzene rings is 4. The van der Waals surface area contributed by atoms with Gasteiger partial charge in [-0.2, -0.15) is 0 Å². The molecular formula is C30H23N. The second-order valence-corrected chi connectivity index (χ2v) is 8.27. The Bertz CT molecular complexity index is 1380. The molecule has 1 aliphatic carbocycles. The first-order chi connectivity index (χ1) is 15.3. The summed E-state index contributed by atoms with van der Waals surface area (Å²) in [7, 11) is 0. The van der Waals surface area contributed by atoms with Gasteiger partial charge in [0.05, 0.1) is 11.1 Å². The lowest BCUT2D eigenvalue weighted by molar-refractivity contribution is 0.727. The monoisotopic (exact) mass is 397 g/mol. The van der Waals surface area contributed by atoms with Crippen LogP contribution in [0.15, 0.2) is 109 Å². The fourth-order valence-electron chi connectivity index (χ4n) is 5.28. The smallest absolute Gasteiger partial charge is 0.0886 e. The van der Waals surface area contributed by atoms with E-state index in [2.05, 4.69) is 116 Å². The summed E-state index contributed by atoms with van der Waals surface area (Å²) in [6.45, 7) is 2.17. The zero-order valence-corrected chi connectivity index (χ0v) is 17.5. The number of fused-ring (bicyclic) bond motifs is 4. The van der Waals surface area contributed by atoms with Gasteiger partial charge in [0.15, 0.2) is 0 Å². The SMILES string of the molecule is CCc1cccc(C2(c3ccc4ccccc4c3)c3ccccc3-c3ccccc32)n1. The Labute approximate surface area is 183 Å². The minimum atomic E-state index is -0.428. The summed E-state index contributed by atoms with van der Waals surface area (Å²) in [5, 5.41) is 2.52. The molecule has 0 radical (unpaired) electrons. The van der Waals surface area contributed by atoms with Gasteiger partial charge in [-0.15, -0.1) is 0 Å². The molecule has 0 saturated carbocycles. The van der Waals surface area contributed by atoms with Crippen molar-refractivity contribution in [1.29, 1.82) is 0 Å². The molecule has 0 amide bonds. The molecule has 0 aliphatic heterocycles. The van der Waals surface area contributed by atoms with Crippen molar-refractivity contribution >= 4 is 10.8 Å². The molecule has 0 saturated heterocycles. The lowest BCUT2D eigenvalue weighted by atomic mass is 9.69. The Kier molecular flexibility index (Phi) is 4.04. The first-order valence-electron chi connectivity index (χ1n) is 11.0. The van der Waals surface area contributed by atoms with Gasteiger partial charge in [-0.25, -0.2) is 0 Å². The molecule has 0 unspecified atom stereocenters. The minimum absolute atomic E-state index is 0.428. The Morgan fingerprint density at radius 1 is 0.613 bits per heavy atom. The van der Waals surface area contributed by atoms with E-state index in [9.17, 15) is 0 Å². The van der Waals surface area contributed by atoms with E-state index in [1.165, 1.54) is 38.6 Å². The average Bonchev–Trinajstić information content (AvgIpc) is 3.15. The van der Waals surface area contributed by atoms with Crippen molar-refractivity contribution < 1.29 is 0 Å². The van der Waals surface area contributed by atoms with Crippen molar-refractivity contribution in [2.75, 3.05) is 0 Å². The topological polar surface area (TPSA) is 12.9 Å². The van der Waals surface area contributed by atoms with E-state index in [-0.39, 0.29) is 0 Å². The van der Waals surface area contributed by atoms with E-state index in [1.807, 2.05) is 0 Å². The van der Waals surface area contributed by atoms with Gasteiger partial charge in [-0.1, -0.05) is 97.9 Å². The molecule has 1 nitrogen and oxygen atoms in total. The predicted octanol–water partition coefficient (Wildman–Crippen LogP) is 7.16. The molecule has 0 bridgehead atoms. The van der Waals surface area contributed by atoms with Crippen molar-refractivity contribution in [3.63, 3.8) is 0 Å². The summed E-state index contributed by atoms with van der Waals surface area (Å²) < 4.78 is 0. The molecule has 0 fully saturated rings.